The molecule has 172 valence electrons. The van der Waals surface area contributed by atoms with Crippen LogP contribution < -0.4 is 15.2 Å². The SMILES string of the molecule is CCOc1nc([C@@H](CS(C)(=O)=O)n2c(=O)[nH]c3cc(-c4ccccn4)ccc32)ccc1OC. The first-order chi connectivity index (χ1) is 15.8. The van der Waals surface area contributed by atoms with Crippen LogP contribution in [0.4, 0.5) is 0 Å². The van der Waals surface area contributed by atoms with Gasteiger partial charge < -0.3 is 14.5 Å². The lowest BCUT2D eigenvalue weighted by atomic mass is 10.1. The molecule has 33 heavy (non-hydrogen) atoms. The van der Waals surface area contributed by atoms with E-state index in [2.05, 4.69) is 15.0 Å². The normalized spacial score (nSPS) is 12.6. The average molecular weight is 469 g/mol. The molecule has 0 aliphatic rings. The van der Waals surface area contributed by atoms with Gasteiger partial charge in [0.25, 0.3) is 5.88 Å². The second-order valence-electron chi connectivity index (χ2n) is 7.53. The number of aromatic nitrogens is 4. The number of nitrogens with one attached hydrogen (secondary N) is 1. The predicted octanol–water partition coefficient (Wildman–Crippen LogP) is 2.83. The number of H-pyrrole nitrogens is 1. The number of fused-ring (bicyclic) bond motifs is 1. The number of hydrogen-bond donors (Lipinski definition) is 1. The van der Waals surface area contributed by atoms with Crippen LogP contribution in [0.2, 0.25) is 0 Å². The molecule has 0 fully saturated rings. The van der Waals surface area contributed by atoms with Gasteiger partial charge >= 0.3 is 5.69 Å². The highest BCUT2D eigenvalue weighted by atomic mass is 32.2. The fraction of sp³-hybridized carbons (Fsp3) is 0.261. The molecule has 0 aliphatic heterocycles. The van der Waals surface area contributed by atoms with Crippen LogP contribution in [0, 0.1) is 0 Å². The van der Waals surface area contributed by atoms with Crippen molar-refractivity contribution in [3.05, 3.63) is 70.9 Å². The maximum absolute atomic E-state index is 13.0. The van der Waals surface area contributed by atoms with Gasteiger partial charge in [0.15, 0.2) is 5.75 Å². The van der Waals surface area contributed by atoms with Crippen LogP contribution in [0.25, 0.3) is 22.3 Å². The number of hydrogen-bond acceptors (Lipinski definition) is 7. The first-order valence-corrected chi connectivity index (χ1v) is 12.4. The molecule has 9 nitrogen and oxygen atoms in total. The highest BCUT2D eigenvalue weighted by Gasteiger charge is 2.26. The average Bonchev–Trinajstić information content (AvgIpc) is 3.12. The Labute approximate surface area is 191 Å². The number of sulfone groups is 1. The van der Waals surface area contributed by atoms with Crippen molar-refractivity contribution in [2.45, 2.75) is 13.0 Å². The van der Waals surface area contributed by atoms with E-state index in [9.17, 15) is 13.2 Å². The van der Waals surface area contributed by atoms with E-state index >= 15 is 0 Å². The molecule has 0 spiro atoms. The monoisotopic (exact) mass is 468 g/mol. The molecular weight excluding hydrogens is 444 g/mol. The molecule has 10 heteroatoms. The van der Waals surface area contributed by atoms with E-state index in [1.807, 2.05) is 37.3 Å². The van der Waals surface area contributed by atoms with Crippen molar-refractivity contribution >= 4 is 20.9 Å². The fourth-order valence-electron chi connectivity index (χ4n) is 3.74. The molecular formula is C23H24N4O5S. The third-order valence-corrected chi connectivity index (χ3v) is 6.06. The number of nitrogens with zero attached hydrogens (tertiary/aromatic N) is 3. The lowest BCUT2D eigenvalue weighted by molar-refractivity contribution is 0.296. The van der Waals surface area contributed by atoms with Crippen molar-refractivity contribution in [3.63, 3.8) is 0 Å². The van der Waals surface area contributed by atoms with Crippen molar-refractivity contribution in [1.29, 1.82) is 0 Å². The van der Waals surface area contributed by atoms with Gasteiger partial charge in [-0.3, -0.25) is 9.55 Å². The zero-order chi connectivity index (χ0) is 23.6. The van der Waals surface area contributed by atoms with Crippen LogP contribution >= 0.6 is 0 Å². The standard InChI is InChI=1S/C23H24N4O5S/c1-4-32-22-21(31-2)11-9-17(25-22)20(14-33(3,29)30)27-19-10-8-15(13-18(19)26-23(27)28)16-7-5-6-12-24-16/h5-13,20H,4,14H2,1-3H3,(H,26,28)/t20-/m1/s1. The molecule has 1 N–H and O–H groups in total. The molecule has 1 aromatic carbocycles. The maximum atomic E-state index is 13.0. The number of pyridine rings is 2. The Hall–Kier alpha value is -3.66. The summed E-state index contributed by atoms with van der Waals surface area (Å²) in [6, 6.07) is 13.5. The summed E-state index contributed by atoms with van der Waals surface area (Å²) in [7, 11) is -1.97. The molecule has 3 heterocycles. The maximum Gasteiger partial charge on any atom is 0.327 e. The van der Waals surface area contributed by atoms with E-state index in [-0.39, 0.29) is 11.6 Å². The van der Waals surface area contributed by atoms with E-state index < -0.39 is 21.6 Å². The minimum absolute atomic E-state index is 0.237. The van der Waals surface area contributed by atoms with Crippen LogP contribution in [-0.2, 0) is 9.84 Å². The molecule has 0 radical (unpaired) electrons. The minimum Gasteiger partial charge on any atom is -0.491 e. The Kier molecular flexibility index (Phi) is 6.19. The summed E-state index contributed by atoms with van der Waals surface area (Å²) in [4.78, 5) is 24.7. The Morgan fingerprint density at radius 2 is 1.97 bits per heavy atom. The molecule has 0 unspecified atom stereocenters. The number of rotatable bonds is 8. The summed E-state index contributed by atoms with van der Waals surface area (Å²) in [6.45, 7) is 2.16. The number of benzene rings is 1. The number of aromatic amines is 1. The van der Waals surface area contributed by atoms with Gasteiger partial charge in [0.05, 0.1) is 47.9 Å². The Bertz CT molecular complexity index is 1440. The van der Waals surface area contributed by atoms with Gasteiger partial charge in [-0.1, -0.05) is 12.1 Å². The molecule has 3 aromatic heterocycles. The van der Waals surface area contributed by atoms with E-state index in [1.165, 1.54) is 11.7 Å². The van der Waals surface area contributed by atoms with Crippen molar-refractivity contribution in [2.75, 3.05) is 25.7 Å². The Morgan fingerprint density at radius 3 is 2.64 bits per heavy atom. The van der Waals surface area contributed by atoms with Crippen molar-refractivity contribution in [3.8, 4) is 22.9 Å². The second-order valence-corrected chi connectivity index (χ2v) is 9.72. The molecule has 0 amide bonds. The van der Waals surface area contributed by atoms with Gasteiger partial charge in [0.1, 0.15) is 9.84 Å². The van der Waals surface area contributed by atoms with Gasteiger partial charge in [-0.05, 0) is 43.3 Å². The van der Waals surface area contributed by atoms with Crippen LogP contribution in [0.3, 0.4) is 0 Å². The number of ether oxygens (including phenoxy) is 2. The third-order valence-electron chi connectivity index (χ3n) is 5.14. The van der Waals surface area contributed by atoms with E-state index in [4.69, 9.17) is 9.47 Å². The van der Waals surface area contributed by atoms with Crippen LogP contribution in [0.1, 0.15) is 18.7 Å². The quantitative estimate of drug-likeness (QED) is 0.423. The fourth-order valence-corrected chi connectivity index (χ4v) is 4.63. The first-order valence-electron chi connectivity index (χ1n) is 10.3. The lowest BCUT2D eigenvalue weighted by Crippen LogP contribution is -2.29. The lowest BCUT2D eigenvalue weighted by Gasteiger charge is -2.19. The molecule has 0 bridgehead atoms. The largest absolute Gasteiger partial charge is 0.491 e. The van der Waals surface area contributed by atoms with Gasteiger partial charge in [-0.25, -0.2) is 18.2 Å². The number of methoxy groups -OCH3 is 1. The highest BCUT2D eigenvalue weighted by Crippen LogP contribution is 2.30. The third kappa shape index (κ3) is 4.75. The van der Waals surface area contributed by atoms with Gasteiger partial charge in [0, 0.05) is 18.0 Å². The molecule has 0 aliphatic carbocycles. The summed E-state index contributed by atoms with van der Waals surface area (Å²) in [5.74, 6) is 0.346. The summed E-state index contributed by atoms with van der Waals surface area (Å²) in [5.41, 5.74) is 2.66. The summed E-state index contributed by atoms with van der Waals surface area (Å²) in [6.07, 6.45) is 2.83. The Morgan fingerprint density at radius 1 is 1.15 bits per heavy atom. The van der Waals surface area contributed by atoms with Crippen molar-refractivity contribution < 1.29 is 17.9 Å². The van der Waals surface area contributed by atoms with E-state index in [0.717, 1.165) is 17.5 Å². The Balaban J connectivity index is 1.88. The van der Waals surface area contributed by atoms with E-state index in [0.29, 0.717) is 29.1 Å². The number of imidazole rings is 1. The van der Waals surface area contributed by atoms with Gasteiger partial charge in [-0.2, -0.15) is 0 Å². The smallest absolute Gasteiger partial charge is 0.327 e. The van der Waals surface area contributed by atoms with Crippen molar-refractivity contribution in [2.24, 2.45) is 0 Å². The van der Waals surface area contributed by atoms with Gasteiger partial charge in [-0.15, -0.1) is 0 Å². The zero-order valence-corrected chi connectivity index (χ0v) is 19.3. The van der Waals surface area contributed by atoms with Gasteiger partial charge in [0.2, 0.25) is 0 Å². The molecule has 4 aromatic rings. The predicted molar refractivity (Wildman–Crippen MR) is 126 cm³/mol. The molecule has 0 saturated carbocycles. The summed E-state index contributed by atoms with van der Waals surface area (Å²) < 4.78 is 36.9. The minimum atomic E-state index is -3.47. The van der Waals surface area contributed by atoms with Crippen LogP contribution in [0.5, 0.6) is 11.6 Å². The summed E-state index contributed by atoms with van der Waals surface area (Å²) >= 11 is 0. The second kappa shape index (κ2) is 9.07. The summed E-state index contributed by atoms with van der Waals surface area (Å²) in [5, 5.41) is 0. The highest BCUT2D eigenvalue weighted by molar-refractivity contribution is 7.90. The molecule has 1 atom stereocenters. The zero-order valence-electron chi connectivity index (χ0n) is 18.5. The van der Waals surface area contributed by atoms with Crippen molar-refractivity contribution in [1.82, 2.24) is 19.5 Å². The topological polar surface area (TPSA) is 116 Å². The molecule has 0 saturated heterocycles. The van der Waals surface area contributed by atoms with Crippen LogP contribution in [-0.4, -0.2) is 53.7 Å². The van der Waals surface area contributed by atoms with E-state index in [1.54, 1.807) is 24.4 Å². The first kappa shape index (κ1) is 22.5. The molecule has 4 rings (SSSR count). The van der Waals surface area contributed by atoms with Crippen LogP contribution in [0.15, 0.2) is 59.5 Å².